The highest BCUT2D eigenvalue weighted by Crippen LogP contribution is 2.10. The van der Waals surface area contributed by atoms with E-state index < -0.39 is 0 Å². The van der Waals surface area contributed by atoms with Gasteiger partial charge in [0.15, 0.2) is 0 Å². The van der Waals surface area contributed by atoms with Crippen LogP contribution in [0.5, 0.6) is 11.5 Å². The van der Waals surface area contributed by atoms with Crippen LogP contribution in [-0.4, -0.2) is 48.0 Å². The lowest BCUT2D eigenvalue weighted by molar-refractivity contribution is -0.133. The molecule has 0 spiro atoms. The zero-order valence-electron chi connectivity index (χ0n) is 18.6. The van der Waals surface area contributed by atoms with Gasteiger partial charge in [0.2, 0.25) is 11.8 Å². The molecule has 0 saturated carbocycles. The van der Waals surface area contributed by atoms with Gasteiger partial charge in [0, 0.05) is 19.3 Å². The molecule has 2 amide bonds. The van der Waals surface area contributed by atoms with Crippen LogP contribution in [-0.2, 0) is 16.1 Å². The van der Waals surface area contributed by atoms with E-state index in [2.05, 4.69) is 10.3 Å². The quantitative estimate of drug-likeness (QED) is 0.434. The van der Waals surface area contributed by atoms with Gasteiger partial charge in [-0.1, -0.05) is 42.5 Å². The molecule has 33 heavy (non-hydrogen) atoms. The number of rotatable bonds is 13. The van der Waals surface area contributed by atoms with Gasteiger partial charge in [-0.15, -0.1) is 0 Å². The van der Waals surface area contributed by atoms with E-state index in [1.54, 1.807) is 11.1 Å². The molecule has 172 valence electrons. The molecule has 3 rings (SSSR count). The predicted molar refractivity (Wildman–Crippen MR) is 126 cm³/mol. The van der Waals surface area contributed by atoms with Gasteiger partial charge in [0.25, 0.3) is 0 Å². The molecule has 2 aromatic carbocycles. The Morgan fingerprint density at radius 3 is 2.00 bits per heavy atom. The predicted octanol–water partition coefficient (Wildman–Crippen LogP) is 3.46. The van der Waals surface area contributed by atoms with Crippen molar-refractivity contribution in [2.24, 2.45) is 0 Å². The Morgan fingerprint density at radius 1 is 0.788 bits per heavy atom. The number of hydrogen-bond donors (Lipinski definition) is 1. The molecule has 1 N–H and O–H groups in total. The first kappa shape index (κ1) is 23.8. The molecule has 1 aromatic heterocycles. The van der Waals surface area contributed by atoms with Gasteiger partial charge in [0.05, 0.1) is 38.3 Å². The fourth-order valence-corrected chi connectivity index (χ4v) is 3.11. The minimum atomic E-state index is -0.122. The lowest BCUT2D eigenvalue weighted by Crippen LogP contribution is -2.39. The largest absolute Gasteiger partial charge is 0.493 e. The van der Waals surface area contributed by atoms with E-state index in [0.717, 1.165) is 17.2 Å². The Kier molecular flexibility index (Phi) is 9.75. The zero-order valence-corrected chi connectivity index (χ0v) is 18.6. The first-order chi connectivity index (χ1) is 16.2. The molecule has 0 atom stereocenters. The van der Waals surface area contributed by atoms with Gasteiger partial charge in [0.1, 0.15) is 11.5 Å². The normalized spacial score (nSPS) is 10.3. The number of carbonyl (C=O) groups is 2. The second-order valence-corrected chi connectivity index (χ2v) is 7.31. The SMILES string of the molecule is O=C(CCOc1ccccc1)NCCN(Cc1ccccn1)C(=O)CCOc1ccccc1. The van der Waals surface area contributed by atoms with Crippen LogP contribution >= 0.6 is 0 Å². The van der Waals surface area contributed by atoms with Crippen LogP contribution in [0.1, 0.15) is 18.5 Å². The smallest absolute Gasteiger partial charge is 0.226 e. The molecule has 1 heterocycles. The van der Waals surface area contributed by atoms with Crippen molar-refractivity contribution < 1.29 is 19.1 Å². The molecule has 0 radical (unpaired) electrons. The first-order valence-electron chi connectivity index (χ1n) is 11.0. The second-order valence-electron chi connectivity index (χ2n) is 7.31. The van der Waals surface area contributed by atoms with Crippen LogP contribution in [0.2, 0.25) is 0 Å². The summed E-state index contributed by atoms with van der Waals surface area (Å²) in [5.41, 5.74) is 0.789. The number of hydrogen-bond acceptors (Lipinski definition) is 5. The number of nitrogens with zero attached hydrogens (tertiary/aromatic N) is 2. The molecule has 0 aliphatic rings. The molecule has 0 aliphatic carbocycles. The van der Waals surface area contributed by atoms with E-state index in [1.165, 1.54) is 0 Å². The summed E-state index contributed by atoms with van der Waals surface area (Å²) in [6, 6.07) is 24.4. The van der Waals surface area contributed by atoms with Crippen LogP contribution in [0.15, 0.2) is 85.1 Å². The van der Waals surface area contributed by atoms with Gasteiger partial charge in [-0.05, 0) is 36.4 Å². The number of carbonyl (C=O) groups excluding carboxylic acids is 2. The maximum Gasteiger partial charge on any atom is 0.226 e. The molecule has 0 bridgehead atoms. The highest BCUT2D eigenvalue weighted by Gasteiger charge is 2.15. The second kappa shape index (κ2) is 13.5. The van der Waals surface area contributed by atoms with Crippen molar-refractivity contribution in [3.8, 4) is 11.5 Å². The fraction of sp³-hybridized carbons (Fsp3) is 0.269. The van der Waals surface area contributed by atoms with Crippen LogP contribution in [0.4, 0.5) is 0 Å². The maximum atomic E-state index is 12.8. The summed E-state index contributed by atoms with van der Waals surface area (Å²) in [6.45, 7) is 1.68. The standard InChI is InChI=1S/C26H29N3O4/c30-25(14-19-32-23-10-3-1-4-11-23)28-17-18-29(21-22-9-7-8-16-27-22)26(31)15-20-33-24-12-5-2-6-13-24/h1-13,16H,14-15,17-21H2,(H,28,30). The van der Waals surface area contributed by atoms with Gasteiger partial charge < -0.3 is 19.7 Å². The van der Waals surface area contributed by atoms with Gasteiger partial charge in [-0.3, -0.25) is 14.6 Å². The number of benzene rings is 2. The van der Waals surface area contributed by atoms with Crippen molar-refractivity contribution in [2.45, 2.75) is 19.4 Å². The lowest BCUT2D eigenvalue weighted by Gasteiger charge is -2.23. The van der Waals surface area contributed by atoms with Crippen LogP contribution < -0.4 is 14.8 Å². The average molecular weight is 448 g/mol. The van der Waals surface area contributed by atoms with Gasteiger partial charge in [-0.25, -0.2) is 0 Å². The number of pyridine rings is 1. The van der Waals surface area contributed by atoms with Crippen LogP contribution in [0, 0.1) is 0 Å². The van der Waals surface area contributed by atoms with Crippen molar-refractivity contribution in [2.75, 3.05) is 26.3 Å². The number of aromatic nitrogens is 1. The topological polar surface area (TPSA) is 80.8 Å². The van der Waals surface area contributed by atoms with E-state index >= 15 is 0 Å². The van der Waals surface area contributed by atoms with Crippen molar-refractivity contribution in [3.63, 3.8) is 0 Å². The van der Waals surface area contributed by atoms with E-state index in [0.29, 0.717) is 26.2 Å². The van der Waals surface area contributed by atoms with Crippen molar-refractivity contribution in [1.29, 1.82) is 0 Å². The summed E-state index contributed by atoms with van der Waals surface area (Å²) in [7, 11) is 0. The van der Waals surface area contributed by atoms with Crippen molar-refractivity contribution in [3.05, 3.63) is 90.8 Å². The number of para-hydroxylation sites is 2. The highest BCUT2D eigenvalue weighted by atomic mass is 16.5. The Hall–Kier alpha value is -3.87. The Balaban J connectivity index is 1.43. The number of amides is 2. The molecule has 0 unspecified atom stereocenters. The molecular formula is C26H29N3O4. The third-order valence-corrected chi connectivity index (χ3v) is 4.80. The number of nitrogens with one attached hydrogen (secondary N) is 1. The molecule has 7 heteroatoms. The number of ether oxygens (including phenoxy) is 2. The fourth-order valence-electron chi connectivity index (χ4n) is 3.11. The van der Waals surface area contributed by atoms with E-state index in [9.17, 15) is 9.59 Å². The minimum Gasteiger partial charge on any atom is -0.493 e. The summed E-state index contributed by atoms with van der Waals surface area (Å²) in [6.07, 6.45) is 2.18. The van der Waals surface area contributed by atoms with E-state index in [1.807, 2.05) is 78.9 Å². The monoisotopic (exact) mass is 447 g/mol. The van der Waals surface area contributed by atoms with E-state index in [4.69, 9.17) is 9.47 Å². The Morgan fingerprint density at radius 2 is 1.39 bits per heavy atom. The van der Waals surface area contributed by atoms with Crippen molar-refractivity contribution >= 4 is 11.8 Å². The lowest BCUT2D eigenvalue weighted by atomic mass is 10.3. The average Bonchev–Trinajstić information content (AvgIpc) is 2.85. The third-order valence-electron chi connectivity index (χ3n) is 4.80. The van der Waals surface area contributed by atoms with Crippen molar-refractivity contribution in [1.82, 2.24) is 15.2 Å². The summed E-state index contributed by atoms with van der Waals surface area (Å²) >= 11 is 0. The van der Waals surface area contributed by atoms with Gasteiger partial charge >= 0.3 is 0 Å². The third kappa shape index (κ3) is 9.03. The highest BCUT2D eigenvalue weighted by molar-refractivity contribution is 5.77. The van der Waals surface area contributed by atoms with Gasteiger partial charge in [-0.2, -0.15) is 0 Å². The summed E-state index contributed by atoms with van der Waals surface area (Å²) in [5, 5.41) is 2.86. The summed E-state index contributed by atoms with van der Waals surface area (Å²) < 4.78 is 11.2. The Labute approximate surface area is 194 Å². The molecular weight excluding hydrogens is 418 g/mol. The maximum absolute atomic E-state index is 12.8. The molecule has 7 nitrogen and oxygen atoms in total. The van der Waals surface area contributed by atoms with Crippen LogP contribution in [0.25, 0.3) is 0 Å². The summed E-state index contributed by atoms with van der Waals surface area (Å²) in [4.78, 5) is 31.0. The molecule has 3 aromatic rings. The molecule has 0 saturated heterocycles. The molecule has 0 fully saturated rings. The zero-order chi connectivity index (χ0) is 23.1. The summed E-state index contributed by atoms with van der Waals surface area (Å²) in [5.74, 6) is 1.28. The minimum absolute atomic E-state index is 0.0572. The Bertz CT molecular complexity index is 969. The first-order valence-corrected chi connectivity index (χ1v) is 11.0. The molecule has 0 aliphatic heterocycles. The van der Waals surface area contributed by atoms with E-state index in [-0.39, 0.29) is 31.3 Å². The van der Waals surface area contributed by atoms with Crippen LogP contribution in [0.3, 0.4) is 0 Å².